The second kappa shape index (κ2) is 4.39. The van der Waals surface area contributed by atoms with Crippen LogP contribution in [0.1, 0.15) is 5.56 Å². The topological polar surface area (TPSA) is 54.4 Å². The predicted molar refractivity (Wildman–Crippen MR) is 68.8 cm³/mol. The van der Waals surface area contributed by atoms with E-state index in [0.717, 1.165) is 44.0 Å². The van der Waals surface area contributed by atoms with Crippen LogP contribution >= 0.6 is 0 Å². The molecule has 4 heteroatoms. The number of fused-ring (bicyclic) bond motifs is 1. The quantitative estimate of drug-likeness (QED) is 0.768. The maximum atomic E-state index is 5.74. The average molecular weight is 231 g/mol. The fourth-order valence-electron chi connectivity index (χ4n) is 2.33. The van der Waals surface area contributed by atoms with Gasteiger partial charge in [0.2, 0.25) is 0 Å². The van der Waals surface area contributed by atoms with E-state index in [1.807, 2.05) is 24.5 Å². The molecule has 0 spiro atoms. The first-order chi connectivity index (χ1) is 8.33. The number of hydrogen-bond acceptors (Lipinski definition) is 4. The molecular weight excluding hydrogens is 214 g/mol. The average Bonchev–Trinajstić information content (AvgIpc) is 2.73. The Balaban J connectivity index is 1.84. The van der Waals surface area contributed by atoms with E-state index < -0.39 is 0 Å². The van der Waals surface area contributed by atoms with E-state index in [2.05, 4.69) is 10.2 Å². The molecule has 0 radical (unpaired) electrons. The van der Waals surface area contributed by atoms with Crippen molar-refractivity contribution < 1.29 is 4.42 Å². The zero-order chi connectivity index (χ0) is 11.7. The third-order valence-electron chi connectivity index (χ3n) is 3.28. The first kappa shape index (κ1) is 10.6. The van der Waals surface area contributed by atoms with Crippen LogP contribution in [0.2, 0.25) is 0 Å². The van der Waals surface area contributed by atoms with Crippen molar-refractivity contribution in [2.75, 3.05) is 31.9 Å². The van der Waals surface area contributed by atoms with Crippen LogP contribution in [0.15, 0.2) is 28.9 Å². The SMILES string of the molecule is Nc1ccc2c(CN3CCNCC3)coc2c1. The van der Waals surface area contributed by atoms with Crippen LogP contribution in [0.4, 0.5) is 5.69 Å². The molecule has 0 bridgehead atoms. The molecular formula is C13H17N3O. The first-order valence-electron chi connectivity index (χ1n) is 6.01. The molecule has 1 aliphatic rings. The molecule has 2 aromatic rings. The Hall–Kier alpha value is -1.52. The lowest BCUT2D eigenvalue weighted by atomic mass is 10.1. The normalized spacial score (nSPS) is 17.6. The molecule has 1 saturated heterocycles. The van der Waals surface area contributed by atoms with Gasteiger partial charge < -0.3 is 15.5 Å². The van der Waals surface area contributed by atoms with Gasteiger partial charge in [0.15, 0.2) is 0 Å². The maximum absolute atomic E-state index is 5.74. The highest BCUT2D eigenvalue weighted by Crippen LogP contribution is 2.24. The number of hydrogen-bond donors (Lipinski definition) is 2. The fourth-order valence-corrected chi connectivity index (χ4v) is 2.33. The van der Waals surface area contributed by atoms with Gasteiger partial charge in [0.1, 0.15) is 5.58 Å². The van der Waals surface area contributed by atoms with Gasteiger partial charge in [-0.1, -0.05) is 0 Å². The van der Waals surface area contributed by atoms with Crippen LogP contribution in [0.3, 0.4) is 0 Å². The zero-order valence-electron chi connectivity index (χ0n) is 9.78. The van der Waals surface area contributed by atoms with Crippen molar-refractivity contribution in [2.24, 2.45) is 0 Å². The monoisotopic (exact) mass is 231 g/mol. The minimum Gasteiger partial charge on any atom is -0.464 e. The lowest BCUT2D eigenvalue weighted by Crippen LogP contribution is -2.42. The lowest BCUT2D eigenvalue weighted by molar-refractivity contribution is 0.233. The van der Waals surface area contributed by atoms with E-state index in [1.54, 1.807) is 0 Å². The summed E-state index contributed by atoms with van der Waals surface area (Å²) in [4.78, 5) is 2.44. The molecule has 90 valence electrons. The summed E-state index contributed by atoms with van der Waals surface area (Å²) in [5.74, 6) is 0. The van der Waals surface area contributed by atoms with Crippen LogP contribution in [0.25, 0.3) is 11.0 Å². The molecule has 4 nitrogen and oxygen atoms in total. The van der Waals surface area contributed by atoms with Gasteiger partial charge in [-0.3, -0.25) is 4.90 Å². The summed E-state index contributed by atoms with van der Waals surface area (Å²) in [6, 6.07) is 5.86. The summed E-state index contributed by atoms with van der Waals surface area (Å²) in [5, 5.41) is 4.54. The Bertz CT molecular complexity index is 514. The molecule has 2 heterocycles. The molecule has 0 saturated carbocycles. The first-order valence-corrected chi connectivity index (χ1v) is 6.01. The number of nitrogen functional groups attached to an aromatic ring is 1. The van der Waals surface area contributed by atoms with E-state index in [9.17, 15) is 0 Å². The van der Waals surface area contributed by atoms with Crippen molar-refractivity contribution in [3.05, 3.63) is 30.0 Å². The summed E-state index contributed by atoms with van der Waals surface area (Å²) >= 11 is 0. The number of piperazine rings is 1. The van der Waals surface area contributed by atoms with Crippen LogP contribution in [-0.4, -0.2) is 31.1 Å². The molecule has 0 atom stereocenters. The van der Waals surface area contributed by atoms with Crippen LogP contribution in [0.5, 0.6) is 0 Å². The molecule has 3 N–H and O–H groups in total. The van der Waals surface area contributed by atoms with Crippen molar-refractivity contribution in [3.63, 3.8) is 0 Å². The Labute approximate surface area is 100 Å². The standard InChI is InChI=1S/C13H17N3O/c14-11-1-2-12-10(9-17-13(12)7-11)8-16-5-3-15-4-6-16/h1-2,7,9,15H,3-6,8,14H2. The second-order valence-corrected chi connectivity index (χ2v) is 4.54. The smallest absolute Gasteiger partial charge is 0.136 e. The largest absolute Gasteiger partial charge is 0.464 e. The van der Waals surface area contributed by atoms with Gasteiger partial charge in [0.25, 0.3) is 0 Å². The Morgan fingerprint density at radius 2 is 2.12 bits per heavy atom. The summed E-state index contributed by atoms with van der Waals surface area (Å²) in [5.41, 5.74) is 8.63. The molecule has 1 aromatic carbocycles. The van der Waals surface area contributed by atoms with Gasteiger partial charge in [-0.15, -0.1) is 0 Å². The summed E-state index contributed by atoms with van der Waals surface area (Å²) < 4.78 is 5.55. The van der Waals surface area contributed by atoms with Crippen molar-refractivity contribution in [3.8, 4) is 0 Å². The van der Waals surface area contributed by atoms with E-state index in [0.29, 0.717) is 0 Å². The summed E-state index contributed by atoms with van der Waals surface area (Å²) in [6.07, 6.45) is 1.85. The van der Waals surface area contributed by atoms with E-state index in [4.69, 9.17) is 10.2 Å². The van der Waals surface area contributed by atoms with E-state index >= 15 is 0 Å². The van der Waals surface area contributed by atoms with E-state index in [-0.39, 0.29) is 0 Å². The minimum absolute atomic E-state index is 0.751. The number of nitrogens with one attached hydrogen (secondary N) is 1. The van der Waals surface area contributed by atoms with Crippen LogP contribution < -0.4 is 11.1 Å². The van der Waals surface area contributed by atoms with Gasteiger partial charge in [-0.2, -0.15) is 0 Å². The maximum Gasteiger partial charge on any atom is 0.136 e. The highest BCUT2D eigenvalue weighted by atomic mass is 16.3. The van der Waals surface area contributed by atoms with Crippen LogP contribution in [0, 0.1) is 0 Å². The highest BCUT2D eigenvalue weighted by molar-refractivity contribution is 5.83. The predicted octanol–water partition coefficient (Wildman–Crippen LogP) is 1.42. The number of rotatable bonds is 2. The molecule has 0 amide bonds. The third-order valence-corrected chi connectivity index (χ3v) is 3.28. The van der Waals surface area contributed by atoms with Crippen molar-refractivity contribution in [1.29, 1.82) is 0 Å². The number of anilines is 1. The molecule has 0 aliphatic carbocycles. The Morgan fingerprint density at radius 3 is 2.94 bits per heavy atom. The van der Waals surface area contributed by atoms with Crippen LogP contribution in [-0.2, 0) is 6.54 Å². The number of furan rings is 1. The number of nitrogens with zero attached hydrogens (tertiary/aromatic N) is 1. The Morgan fingerprint density at radius 1 is 1.29 bits per heavy atom. The molecule has 1 aliphatic heterocycles. The highest BCUT2D eigenvalue weighted by Gasteiger charge is 2.13. The van der Waals surface area contributed by atoms with Gasteiger partial charge >= 0.3 is 0 Å². The molecule has 0 unspecified atom stereocenters. The molecule has 17 heavy (non-hydrogen) atoms. The van der Waals surface area contributed by atoms with Gasteiger partial charge in [-0.25, -0.2) is 0 Å². The molecule has 1 aromatic heterocycles. The van der Waals surface area contributed by atoms with Gasteiger partial charge in [0, 0.05) is 55.4 Å². The molecule has 1 fully saturated rings. The van der Waals surface area contributed by atoms with Crippen molar-refractivity contribution in [1.82, 2.24) is 10.2 Å². The minimum atomic E-state index is 0.751. The third kappa shape index (κ3) is 2.14. The van der Waals surface area contributed by atoms with Crippen molar-refractivity contribution >= 4 is 16.7 Å². The van der Waals surface area contributed by atoms with E-state index in [1.165, 1.54) is 10.9 Å². The summed E-state index contributed by atoms with van der Waals surface area (Å²) in [6.45, 7) is 5.30. The van der Waals surface area contributed by atoms with Crippen molar-refractivity contribution in [2.45, 2.75) is 6.54 Å². The number of benzene rings is 1. The zero-order valence-corrected chi connectivity index (χ0v) is 9.78. The number of nitrogens with two attached hydrogens (primary N) is 1. The lowest BCUT2D eigenvalue weighted by Gasteiger charge is -2.26. The van der Waals surface area contributed by atoms with Gasteiger partial charge in [0.05, 0.1) is 6.26 Å². The Kier molecular flexibility index (Phi) is 2.74. The van der Waals surface area contributed by atoms with Gasteiger partial charge in [-0.05, 0) is 12.1 Å². The summed E-state index contributed by atoms with van der Waals surface area (Å²) in [7, 11) is 0. The molecule has 3 rings (SSSR count). The second-order valence-electron chi connectivity index (χ2n) is 4.54. The fraction of sp³-hybridized carbons (Fsp3) is 0.385.